The van der Waals surface area contributed by atoms with E-state index in [1.54, 1.807) is 13.0 Å². The van der Waals surface area contributed by atoms with Crippen molar-refractivity contribution in [2.45, 2.75) is 31.4 Å². The molecule has 1 aliphatic rings. The van der Waals surface area contributed by atoms with Crippen LogP contribution in [0, 0.1) is 12.7 Å². The van der Waals surface area contributed by atoms with E-state index in [0.29, 0.717) is 5.75 Å². The number of halogens is 4. The van der Waals surface area contributed by atoms with Crippen LogP contribution in [0.1, 0.15) is 24.0 Å². The summed E-state index contributed by atoms with van der Waals surface area (Å²) in [6, 6.07) is 10.2. The van der Waals surface area contributed by atoms with Gasteiger partial charge in [-0.3, -0.25) is 0 Å². The Hall–Kier alpha value is -2.04. The second-order valence-electron chi connectivity index (χ2n) is 5.64. The minimum absolute atomic E-state index is 0.0512. The standard InChI is InChI=1S/C17H14F4O/c1-11-2-7-15(14(18)10-11)22-13-5-3-12(4-6-13)16(8-9-16)17(19,20)21/h2-7,10H,8-9H2,1H3. The quantitative estimate of drug-likeness (QED) is 0.678. The van der Waals surface area contributed by atoms with E-state index in [4.69, 9.17) is 4.74 Å². The molecule has 1 aliphatic carbocycles. The molecule has 0 amide bonds. The van der Waals surface area contributed by atoms with Crippen LogP contribution >= 0.6 is 0 Å². The van der Waals surface area contributed by atoms with Crippen LogP contribution in [0.3, 0.4) is 0 Å². The molecule has 0 aliphatic heterocycles. The number of rotatable bonds is 3. The molecule has 1 nitrogen and oxygen atoms in total. The van der Waals surface area contributed by atoms with Gasteiger partial charge in [0.25, 0.3) is 0 Å². The molecule has 0 heterocycles. The fraction of sp³-hybridized carbons (Fsp3) is 0.294. The third kappa shape index (κ3) is 2.56. The van der Waals surface area contributed by atoms with Crippen molar-refractivity contribution >= 4 is 0 Å². The highest BCUT2D eigenvalue weighted by Crippen LogP contribution is 2.58. The van der Waals surface area contributed by atoms with E-state index in [1.807, 2.05) is 0 Å². The fourth-order valence-corrected chi connectivity index (χ4v) is 2.52. The highest BCUT2D eigenvalue weighted by Gasteiger charge is 2.64. The molecule has 5 heteroatoms. The zero-order valence-corrected chi connectivity index (χ0v) is 11.9. The summed E-state index contributed by atoms with van der Waals surface area (Å²) in [5.41, 5.74) is -0.710. The normalized spacial score (nSPS) is 16.4. The van der Waals surface area contributed by atoms with Gasteiger partial charge < -0.3 is 4.74 Å². The molecule has 1 fully saturated rings. The molecule has 3 rings (SSSR count). The number of alkyl halides is 3. The van der Waals surface area contributed by atoms with Crippen molar-refractivity contribution in [1.82, 2.24) is 0 Å². The fourth-order valence-electron chi connectivity index (χ4n) is 2.52. The Kier molecular flexibility index (Phi) is 3.38. The molecule has 2 aromatic carbocycles. The Balaban J connectivity index is 1.81. The molecule has 0 N–H and O–H groups in total. The number of hydrogen-bond donors (Lipinski definition) is 0. The molecule has 0 unspecified atom stereocenters. The lowest BCUT2D eigenvalue weighted by Gasteiger charge is -2.19. The number of ether oxygens (including phenoxy) is 1. The maximum Gasteiger partial charge on any atom is 0.398 e. The first-order valence-electron chi connectivity index (χ1n) is 6.93. The summed E-state index contributed by atoms with van der Waals surface area (Å²) in [4.78, 5) is 0. The molecule has 22 heavy (non-hydrogen) atoms. The van der Waals surface area contributed by atoms with Crippen LogP contribution in [0.15, 0.2) is 42.5 Å². The predicted molar refractivity (Wildman–Crippen MR) is 74.6 cm³/mol. The highest BCUT2D eigenvalue weighted by molar-refractivity contribution is 5.40. The smallest absolute Gasteiger partial charge is 0.398 e. The van der Waals surface area contributed by atoms with Crippen LogP contribution in [-0.4, -0.2) is 6.18 Å². The van der Waals surface area contributed by atoms with Gasteiger partial charge in [-0.25, -0.2) is 4.39 Å². The minimum Gasteiger partial charge on any atom is -0.454 e. The van der Waals surface area contributed by atoms with Crippen LogP contribution in [0.2, 0.25) is 0 Å². The van der Waals surface area contributed by atoms with Crippen LogP contribution in [0.25, 0.3) is 0 Å². The highest BCUT2D eigenvalue weighted by atomic mass is 19.4. The van der Waals surface area contributed by atoms with E-state index < -0.39 is 17.4 Å². The largest absolute Gasteiger partial charge is 0.454 e. The van der Waals surface area contributed by atoms with Crippen molar-refractivity contribution in [2.75, 3.05) is 0 Å². The van der Waals surface area contributed by atoms with E-state index in [9.17, 15) is 17.6 Å². The lowest BCUT2D eigenvalue weighted by atomic mass is 9.95. The maximum absolute atomic E-state index is 13.7. The van der Waals surface area contributed by atoms with Crippen molar-refractivity contribution in [1.29, 1.82) is 0 Å². The Morgan fingerprint density at radius 2 is 1.64 bits per heavy atom. The van der Waals surface area contributed by atoms with Crippen molar-refractivity contribution in [3.63, 3.8) is 0 Å². The number of benzene rings is 2. The first-order valence-corrected chi connectivity index (χ1v) is 6.93. The average molecular weight is 310 g/mol. The average Bonchev–Trinajstić information content (AvgIpc) is 3.24. The lowest BCUT2D eigenvalue weighted by Crippen LogP contribution is -2.28. The molecule has 0 atom stereocenters. The molecule has 0 aromatic heterocycles. The predicted octanol–water partition coefficient (Wildman–Crippen LogP) is 5.52. The summed E-state index contributed by atoms with van der Waals surface area (Å²) in [5, 5.41) is 0. The SMILES string of the molecule is Cc1ccc(Oc2ccc(C3(C(F)(F)F)CC3)cc2)c(F)c1. The molecule has 0 bridgehead atoms. The van der Waals surface area contributed by atoms with Crippen molar-refractivity contribution in [3.8, 4) is 11.5 Å². The van der Waals surface area contributed by atoms with Crippen molar-refractivity contribution in [3.05, 3.63) is 59.4 Å². The second kappa shape index (κ2) is 5.00. The first-order chi connectivity index (χ1) is 10.3. The molecule has 1 saturated carbocycles. The zero-order valence-electron chi connectivity index (χ0n) is 11.9. The van der Waals surface area contributed by atoms with Gasteiger partial charge in [-0.15, -0.1) is 0 Å². The Morgan fingerprint density at radius 3 is 2.14 bits per heavy atom. The summed E-state index contributed by atoms with van der Waals surface area (Å²) >= 11 is 0. The Labute approximate surface area is 125 Å². The van der Waals surface area contributed by atoms with Gasteiger partial charge in [0.05, 0.1) is 5.41 Å². The summed E-state index contributed by atoms with van der Waals surface area (Å²) < 4.78 is 58.2. The molecular weight excluding hydrogens is 296 g/mol. The molecule has 0 radical (unpaired) electrons. The second-order valence-corrected chi connectivity index (χ2v) is 5.64. The van der Waals surface area contributed by atoms with Gasteiger partial charge in [0.15, 0.2) is 11.6 Å². The van der Waals surface area contributed by atoms with Crippen LogP contribution < -0.4 is 4.74 Å². The van der Waals surface area contributed by atoms with Crippen LogP contribution in [0.4, 0.5) is 17.6 Å². The van der Waals surface area contributed by atoms with Crippen LogP contribution in [0.5, 0.6) is 11.5 Å². The third-order valence-corrected chi connectivity index (χ3v) is 4.01. The third-order valence-electron chi connectivity index (χ3n) is 4.01. The van der Waals surface area contributed by atoms with E-state index >= 15 is 0 Å². The maximum atomic E-state index is 13.7. The first kappa shape index (κ1) is 14.9. The van der Waals surface area contributed by atoms with Crippen molar-refractivity contribution < 1.29 is 22.3 Å². The molecule has 2 aromatic rings. The van der Waals surface area contributed by atoms with E-state index in [1.165, 1.54) is 36.4 Å². The summed E-state index contributed by atoms with van der Waals surface area (Å²) in [6.07, 6.45) is -4.01. The zero-order chi connectivity index (χ0) is 16.0. The van der Waals surface area contributed by atoms with Crippen LogP contribution in [-0.2, 0) is 5.41 Å². The van der Waals surface area contributed by atoms with Crippen molar-refractivity contribution in [2.24, 2.45) is 0 Å². The van der Waals surface area contributed by atoms with Gasteiger partial charge in [-0.05, 0) is 55.2 Å². The van der Waals surface area contributed by atoms with E-state index in [-0.39, 0.29) is 24.2 Å². The van der Waals surface area contributed by atoms with Gasteiger partial charge in [0.2, 0.25) is 0 Å². The van der Waals surface area contributed by atoms with Gasteiger partial charge in [-0.1, -0.05) is 18.2 Å². The Bertz CT molecular complexity index is 685. The lowest BCUT2D eigenvalue weighted by molar-refractivity contribution is -0.160. The van der Waals surface area contributed by atoms with Gasteiger partial charge in [-0.2, -0.15) is 13.2 Å². The molecular formula is C17H14F4O. The summed E-state index contributed by atoms with van der Waals surface area (Å²) in [6.45, 7) is 1.76. The Morgan fingerprint density at radius 1 is 1.00 bits per heavy atom. The monoisotopic (exact) mass is 310 g/mol. The van der Waals surface area contributed by atoms with Gasteiger partial charge in [0, 0.05) is 0 Å². The summed E-state index contributed by atoms with van der Waals surface area (Å²) in [5.74, 6) is -0.141. The number of hydrogen-bond acceptors (Lipinski definition) is 1. The van der Waals surface area contributed by atoms with E-state index in [0.717, 1.165) is 5.56 Å². The van der Waals surface area contributed by atoms with Gasteiger partial charge in [0.1, 0.15) is 5.75 Å². The topological polar surface area (TPSA) is 9.23 Å². The molecule has 0 saturated heterocycles. The minimum atomic E-state index is -4.24. The van der Waals surface area contributed by atoms with E-state index in [2.05, 4.69) is 0 Å². The molecule has 116 valence electrons. The number of aryl methyl sites for hydroxylation is 1. The summed E-state index contributed by atoms with van der Waals surface area (Å²) in [7, 11) is 0. The molecule has 0 spiro atoms. The van der Waals surface area contributed by atoms with Gasteiger partial charge >= 0.3 is 6.18 Å².